The highest BCUT2D eigenvalue weighted by Gasteiger charge is 2.42. The first-order valence-electron chi connectivity index (χ1n) is 6.85. The summed E-state index contributed by atoms with van der Waals surface area (Å²) >= 11 is 0. The van der Waals surface area contributed by atoms with Crippen molar-refractivity contribution in [1.29, 1.82) is 0 Å². The lowest BCUT2D eigenvalue weighted by atomic mass is 9.71. The quantitative estimate of drug-likeness (QED) is 0.792. The molecule has 0 aliphatic heterocycles. The van der Waals surface area contributed by atoms with Gasteiger partial charge in [0.25, 0.3) is 0 Å². The van der Waals surface area contributed by atoms with Gasteiger partial charge >= 0.3 is 6.03 Å². The molecule has 4 nitrogen and oxygen atoms in total. The number of benzene rings is 1. The van der Waals surface area contributed by atoms with E-state index in [0.29, 0.717) is 5.56 Å². The molecule has 0 unspecified atom stereocenters. The molecular weight excluding hydrogens is 259 g/mol. The topological polar surface area (TPSA) is 61.4 Å². The van der Waals surface area contributed by atoms with E-state index in [1.807, 2.05) is 0 Å². The lowest BCUT2D eigenvalue weighted by Crippen LogP contribution is -2.58. The minimum absolute atomic E-state index is 0.160. The number of carbonyl (C=O) groups is 1. The summed E-state index contributed by atoms with van der Waals surface area (Å²) in [6, 6.07) is 6.15. The van der Waals surface area contributed by atoms with E-state index < -0.39 is 11.1 Å². The summed E-state index contributed by atoms with van der Waals surface area (Å²) in [5.41, 5.74) is -0.797. The molecule has 110 valence electrons. The fraction of sp³-hybridized carbons (Fsp3) is 0.533. The highest BCUT2D eigenvalue weighted by Crippen LogP contribution is 2.42. The SMILES string of the molecule is CC(C)(CO)NC(=O)NC1(c2ccccc2F)CCC1. The van der Waals surface area contributed by atoms with Gasteiger partial charge in [-0.2, -0.15) is 0 Å². The van der Waals surface area contributed by atoms with Gasteiger partial charge in [-0.15, -0.1) is 0 Å². The molecule has 0 aromatic heterocycles. The molecule has 0 radical (unpaired) electrons. The van der Waals surface area contributed by atoms with Crippen molar-refractivity contribution in [2.24, 2.45) is 0 Å². The molecule has 20 heavy (non-hydrogen) atoms. The van der Waals surface area contributed by atoms with Crippen LogP contribution >= 0.6 is 0 Å². The van der Waals surface area contributed by atoms with Crippen LogP contribution in [-0.2, 0) is 5.54 Å². The number of urea groups is 1. The van der Waals surface area contributed by atoms with Crippen molar-refractivity contribution in [1.82, 2.24) is 10.6 Å². The molecule has 1 aliphatic carbocycles. The van der Waals surface area contributed by atoms with Crippen LogP contribution in [-0.4, -0.2) is 23.3 Å². The number of halogens is 1. The molecule has 2 rings (SSSR count). The monoisotopic (exact) mass is 280 g/mol. The van der Waals surface area contributed by atoms with Crippen LogP contribution < -0.4 is 10.6 Å². The standard InChI is InChI=1S/C15H21FN2O2/c1-14(2,10-19)17-13(20)18-15(8-5-9-15)11-6-3-4-7-12(11)16/h3-4,6-7,19H,5,8-10H2,1-2H3,(H2,17,18,20). The Morgan fingerprint density at radius 2 is 2.05 bits per heavy atom. The van der Waals surface area contributed by atoms with Crippen molar-refractivity contribution in [2.75, 3.05) is 6.61 Å². The number of rotatable bonds is 4. The minimum atomic E-state index is -0.704. The normalized spacial score (nSPS) is 17.2. The number of carbonyl (C=O) groups excluding carboxylic acids is 1. The first-order valence-corrected chi connectivity index (χ1v) is 6.85. The molecular formula is C15H21FN2O2. The average Bonchev–Trinajstić information content (AvgIpc) is 2.34. The Balaban J connectivity index is 2.13. The van der Waals surface area contributed by atoms with Gasteiger partial charge in [0.2, 0.25) is 0 Å². The maximum absolute atomic E-state index is 13.9. The van der Waals surface area contributed by atoms with Crippen molar-refractivity contribution < 1.29 is 14.3 Å². The van der Waals surface area contributed by atoms with Gasteiger partial charge in [0.05, 0.1) is 17.7 Å². The van der Waals surface area contributed by atoms with Crippen LogP contribution in [0.5, 0.6) is 0 Å². The van der Waals surface area contributed by atoms with Gasteiger partial charge in [-0.3, -0.25) is 0 Å². The summed E-state index contributed by atoms with van der Waals surface area (Å²) in [6.45, 7) is 3.29. The van der Waals surface area contributed by atoms with Crippen LogP contribution in [0.4, 0.5) is 9.18 Å². The van der Waals surface area contributed by atoms with E-state index in [2.05, 4.69) is 10.6 Å². The van der Waals surface area contributed by atoms with Crippen molar-refractivity contribution in [3.8, 4) is 0 Å². The van der Waals surface area contributed by atoms with Gasteiger partial charge in [0.1, 0.15) is 5.82 Å². The molecule has 0 saturated heterocycles. The van der Waals surface area contributed by atoms with Crippen LogP contribution in [0, 0.1) is 5.82 Å². The molecule has 0 spiro atoms. The summed E-state index contributed by atoms with van der Waals surface area (Å²) < 4.78 is 13.9. The zero-order valence-electron chi connectivity index (χ0n) is 11.9. The second-order valence-electron chi connectivity index (χ2n) is 6.04. The molecule has 3 N–H and O–H groups in total. The highest BCUT2D eigenvalue weighted by molar-refractivity contribution is 5.76. The Bertz CT molecular complexity index is 498. The Kier molecular flexibility index (Phi) is 3.99. The van der Waals surface area contributed by atoms with Gasteiger partial charge in [-0.25, -0.2) is 9.18 Å². The van der Waals surface area contributed by atoms with Crippen LogP contribution in [0.1, 0.15) is 38.7 Å². The Labute approximate surface area is 118 Å². The third-order valence-corrected chi connectivity index (χ3v) is 3.80. The molecule has 0 bridgehead atoms. The van der Waals surface area contributed by atoms with E-state index in [9.17, 15) is 14.3 Å². The second kappa shape index (κ2) is 5.40. The predicted octanol–water partition coefficient (Wildman–Crippen LogP) is 2.28. The molecule has 1 aromatic carbocycles. The summed E-state index contributed by atoms with van der Waals surface area (Å²) in [4.78, 5) is 12.1. The Morgan fingerprint density at radius 3 is 2.55 bits per heavy atom. The van der Waals surface area contributed by atoms with Gasteiger partial charge in [-0.1, -0.05) is 18.2 Å². The largest absolute Gasteiger partial charge is 0.394 e. The molecule has 1 aliphatic rings. The zero-order valence-corrected chi connectivity index (χ0v) is 11.9. The van der Waals surface area contributed by atoms with Crippen molar-refractivity contribution in [2.45, 2.75) is 44.2 Å². The molecule has 1 fully saturated rings. The third kappa shape index (κ3) is 2.93. The van der Waals surface area contributed by atoms with Gasteiger partial charge in [-0.05, 0) is 39.2 Å². The Morgan fingerprint density at radius 1 is 1.40 bits per heavy atom. The zero-order chi connectivity index (χ0) is 14.8. The van der Waals surface area contributed by atoms with Gasteiger partial charge in [0.15, 0.2) is 0 Å². The lowest BCUT2D eigenvalue weighted by Gasteiger charge is -2.43. The molecule has 0 atom stereocenters. The van der Waals surface area contributed by atoms with Crippen LogP contribution in [0.3, 0.4) is 0 Å². The number of hydrogen-bond donors (Lipinski definition) is 3. The molecule has 1 saturated carbocycles. The number of amides is 2. The maximum atomic E-state index is 13.9. The van der Waals surface area contributed by atoms with E-state index in [-0.39, 0.29) is 18.5 Å². The maximum Gasteiger partial charge on any atom is 0.315 e. The second-order valence-corrected chi connectivity index (χ2v) is 6.04. The molecule has 2 amide bonds. The summed E-state index contributed by atoms with van der Waals surface area (Å²) in [5.74, 6) is -0.297. The molecule has 0 heterocycles. The van der Waals surface area contributed by atoms with Crippen molar-refractivity contribution in [3.05, 3.63) is 35.6 Å². The number of nitrogens with one attached hydrogen (secondary N) is 2. The lowest BCUT2D eigenvalue weighted by molar-refractivity contribution is 0.153. The van der Waals surface area contributed by atoms with Crippen molar-refractivity contribution >= 4 is 6.03 Å². The minimum Gasteiger partial charge on any atom is -0.394 e. The van der Waals surface area contributed by atoms with E-state index in [1.165, 1.54) is 6.07 Å². The van der Waals surface area contributed by atoms with Crippen molar-refractivity contribution in [3.63, 3.8) is 0 Å². The highest BCUT2D eigenvalue weighted by atomic mass is 19.1. The van der Waals surface area contributed by atoms with Crippen LogP contribution in [0.25, 0.3) is 0 Å². The van der Waals surface area contributed by atoms with Crippen LogP contribution in [0.15, 0.2) is 24.3 Å². The molecule has 1 aromatic rings. The summed E-state index contributed by atoms with van der Waals surface area (Å²) in [6.07, 6.45) is 2.40. The van der Waals surface area contributed by atoms with Gasteiger partial charge in [0, 0.05) is 5.56 Å². The number of hydrogen-bond acceptors (Lipinski definition) is 2. The van der Waals surface area contributed by atoms with E-state index >= 15 is 0 Å². The van der Waals surface area contributed by atoms with Gasteiger partial charge < -0.3 is 15.7 Å². The van der Waals surface area contributed by atoms with E-state index in [0.717, 1.165) is 19.3 Å². The third-order valence-electron chi connectivity index (χ3n) is 3.80. The fourth-order valence-corrected chi connectivity index (χ4v) is 2.44. The van der Waals surface area contributed by atoms with Crippen LogP contribution in [0.2, 0.25) is 0 Å². The number of aliphatic hydroxyl groups is 1. The first kappa shape index (κ1) is 14.8. The fourth-order valence-electron chi connectivity index (χ4n) is 2.44. The summed E-state index contributed by atoms with van der Waals surface area (Å²) in [5, 5.41) is 14.7. The molecule has 5 heteroatoms. The van der Waals surface area contributed by atoms with E-state index in [1.54, 1.807) is 32.0 Å². The van der Waals surface area contributed by atoms with E-state index in [4.69, 9.17) is 0 Å². The predicted molar refractivity (Wildman–Crippen MR) is 74.8 cm³/mol. The number of aliphatic hydroxyl groups excluding tert-OH is 1. The average molecular weight is 280 g/mol. The first-order chi connectivity index (χ1) is 9.38. The Hall–Kier alpha value is -1.62. The smallest absolute Gasteiger partial charge is 0.315 e. The summed E-state index contributed by atoms with van der Waals surface area (Å²) in [7, 11) is 0.